The number of unbranched alkanes of at least 4 members (excludes halogenated alkanes) is 3. The molecule has 0 saturated heterocycles. The lowest BCUT2D eigenvalue weighted by Crippen LogP contribution is -2.25. The van der Waals surface area contributed by atoms with Gasteiger partial charge in [0.05, 0.1) is 6.04 Å². The van der Waals surface area contributed by atoms with Crippen molar-refractivity contribution in [2.24, 2.45) is 5.73 Å². The van der Waals surface area contributed by atoms with Crippen LogP contribution < -0.4 is 11.1 Å². The van der Waals surface area contributed by atoms with Crippen LogP contribution in [-0.2, 0) is 4.79 Å². The zero-order valence-corrected chi connectivity index (χ0v) is 11.3. The molecule has 1 amide bonds. The first kappa shape index (κ1) is 14.2. The van der Waals surface area contributed by atoms with E-state index in [0.717, 1.165) is 32.2 Å². The average Bonchev–Trinajstić information content (AvgIpc) is 2.82. The number of carbonyl (C=O) groups excluding carboxylic acids is 1. The molecular formula is C13H22N2OS. The number of rotatable bonds is 8. The van der Waals surface area contributed by atoms with E-state index in [4.69, 9.17) is 5.73 Å². The number of nitrogens with two attached hydrogens (primary N) is 1. The second-order valence-electron chi connectivity index (χ2n) is 4.26. The van der Waals surface area contributed by atoms with Crippen molar-refractivity contribution in [3.8, 4) is 0 Å². The van der Waals surface area contributed by atoms with Crippen LogP contribution in [0.2, 0.25) is 0 Å². The molecule has 17 heavy (non-hydrogen) atoms. The van der Waals surface area contributed by atoms with E-state index >= 15 is 0 Å². The standard InChI is InChI=1S/C13H22N2OS/c1-11(12-7-6-10-17-12)15-13(16)8-4-2-3-5-9-14/h6-7,10-11H,2-5,8-9,14H2,1H3,(H,15,16)/t11-/m0/s1. The van der Waals surface area contributed by atoms with E-state index in [2.05, 4.69) is 11.4 Å². The molecule has 0 saturated carbocycles. The summed E-state index contributed by atoms with van der Waals surface area (Å²) in [5, 5.41) is 5.05. The quantitative estimate of drug-likeness (QED) is 0.701. The molecule has 0 spiro atoms. The van der Waals surface area contributed by atoms with Gasteiger partial charge in [0, 0.05) is 11.3 Å². The van der Waals surface area contributed by atoms with Crippen molar-refractivity contribution in [3.63, 3.8) is 0 Å². The Morgan fingerprint density at radius 3 is 2.82 bits per heavy atom. The van der Waals surface area contributed by atoms with E-state index in [0.29, 0.717) is 6.42 Å². The maximum atomic E-state index is 11.7. The minimum atomic E-state index is 0.131. The van der Waals surface area contributed by atoms with Gasteiger partial charge in [-0.1, -0.05) is 18.9 Å². The second-order valence-corrected chi connectivity index (χ2v) is 5.24. The molecule has 0 bridgehead atoms. The predicted octanol–water partition coefficient (Wildman–Crippen LogP) is 2.83. The van der Waals surface area contributed by atoms with Gasteiger partial charge in [0.2, 0.25) is 5.91 Å². The molecule has 4 heteroatoms. The zero-order chi connectivity index (χ0) is 12.5. The fraction of sp³-hybridized carbons (Fsp3) is 0.615. The van der Waals surface area contributed by atoms with Crippen LogP contribution in [0.5, 0.6) is 0 Å². The third-order valence-corrected chi connectivity index (χ3v) is 3.76. The van der Waals surface area contributed by atoms with Gasteiger partial charge in [0.1, 0.15) is 0 Å². The monoisotopic (exact) mass is 254 g/mol. The number of hydrogen-bond donors (Lipinski definition) is 2. The maximum Gasteiger partial charge on any atom is 0.220 e. The summed E-state index contributed by atoms with van der Waals surface area (Å²) in [6, 6.07) is 4.19. The van der Waals surface area contributed by atoms with Gasteiger partial charge in [-0.25, -0.2) is 0 Å². The molecule has 0 radical (unpaired) electrons. The molecule has 0 unspecified atom stereocenters. The Kier molecular flexibility index (Phi) is 6.89. The summed E-state index contributed by atoms with van der Waals surface area (Å²) in [6.45, 7) is 2.78. The summed E-state index contributed by atoms with van der Waals surface area (Å²) in [6.07, 6.45) is 4.87. The van der Waals surface area contributed by atoms with Crippen molar-refractivity contribution in [2.75, 3.05) is 6.54 Å². The number of hydrogen-bond acceptors (Lipinski definition) is 3. The van der Waals surface area contributed by atoms with Gasteiger partial charge in [0.15, 0.2) is 0 Å². The Morgan fingerprint density at radius 1 is 1.41 bits per heavy atom. The zero-order valence-electron chi connectivity index (χ0n) is 10.4. The SMILES string of the molecule is C[C@H](NC(=O)CCCCCCN)c1cccs1. The van der Waals surface area contributed by atoms with E-state index in [9.17, 15) is 4.79 Å². The molecule has 3 N–H and O–H groups in total. The molecule has 1 atom stereocenters. The first-order chi connectivity index (χ1) is 8.24. The van der Waals surface area contributed by atoms with Crippen molar-refractivity contribution in [2.45, 2.75) is 45.1 Å². The van der Waals surface area contributed by atoms with Crippen LogP contribution in [0.15, 0.2) is 17.5 Å². The molecule has 96 valence electrons. The fourth-order valence-electron chi connectivity index (χ4n) is 1.71. The Morgan fingerprint density at radius 2 is 2.18 bits per heavy atom. The molecule has 0 aliphatic rings. The minimum absolute atomic E-state index is 0.131. The predicted molar refractivity (Wildman–Crippen MR) is 73.0 cm³/mol. The van der Waals surface area contributed by atoms with Crippen LogP contribution >= 0.6 is 11.3 Å². The Labute approximate surface area is 107 Å². The highest BCUT2D eigenvalue weighted by atomic mass is 32.1. The maximum absolute atomic E-state index is 11.7. The summed E-state index contributed by atoms with van der Waals surface area (Å²) in [5.41, 5.74) is 5.41. The van der Waals surface area contributed by atoms with Crippen LogP contribution in [-0.4, -0.2) is 12.5 Å². The molecule has 1 heterocycles. The topological polar surface area (TPSA) is 55.1 Å². The Bertz CT molecular complexity index is 311. The van der Waals surface area contributed by atoms with Crippen molar-refractivity contribution in [1.29, 1.82) is 0 Å². The molecule has 0 aromatic carbocycles. The molecule has 0 aliphatic carbocycles. The lowest BCUT2D eigenvalue weighted by molar-refractivity contribution is -0.121. The lowest BCUT2D eigenvalue weighted by Gasteiger charge is -2.11. The van der Waals surface area contributed by atoms with Crippen LogP contribution in [0, 0.1) is 0 Å². The van der Waals surface area contributed by atoms with E-state index in [1.165, 1.54) is 4.88 Å². The van der Waals surface area contributed by atoms with Gasteiger partial charge in [0.25, 0.3) is 0 Å². The minimum Gasteiger partial charge on any atom is -0.349 e. The summed E-state index contributed by atoms with van der Waals surface area (Å²) in [4.78, 5) is 12.9. The van der Waals surface area contributed by atoms with Crippen LogP contribution in [0.4, 0.5) is 0 Å². The van der Waals surface area contributed by atoms with E-state index < -0.39 is 0 Å². The molecule has 1 aromatic rings. The van der Waals surface area contributed by atoms with E-state index in [-0.39, 0.29) is 11.9 Å². The average molecular weight is 254 g/mol. The van der Waals surface area contributed by atoms with E-state index in [1.54, 1.807) is 11.3 Å². The van der Waals surface area contributed by atoms with Gasteiger partial charge >= 0.3 is 0 Å². The Hall–Kier alpha value is -0.870. The second kappa shape index (κ2) is 8.25. The first-order valence-electron chi connectivity index (χ1n) is 6.27. The fourth-order valence-corrected chi connectivity index (χ4v) is 2.44. The lowest BCUT2D eigenvalue weighted by atomic mass is 10.1. The molecular weight excluding hydrogens is 232 g/mol. The highest BCUT2D eigenvalue weighted by Gasteiger charge is 2.09. The molecule has 3 nitrogen and oxygen atoms in total. The van der Waals surface area contributed by atoms with Gasteiger partial charge < -0.3 is 11.1 Å². The highest BCUT2D eigenvalue weighted by Crippen LogP contribution is 2.18. The number of carbonyl (C=O) groups is 1. The van der Waals surface area contributed by atoms with Crippen molar-refractivity contribution >= 4 is 17.2 Å². The normalized spacial score (nSPS) is 12.4. The van der Waals surface area contributed by atoms with Crippen LogP contribution in [0.1, 0.15) is 49.9 Å². The van der Waals surface area contributed by atoms with Gasteiger partial charge in [-0.2, -0.15) is 0 Å². The number of nitrogens with one attached hydrogen (secondary N) is 1. The van der Waals surface area contributed by atoms with E-state index in [1.807, 2.05) is 18.4 Å². The summed E-state index contributed by atoms with van der Waals surface area (Å²) in [7, 11) is 0. The third kappa shape index (κ3) is 5.84. The molecule has 1 aromatic heterocycles. The van der Waals surface area contributed by atoms with Crippen molar-refractivity contribution in [3.05, 3.63) is 22.4 Å². The first-order valence-corrected chi connectivity index (χ1v) is 7.15. The summed E-state index contributed by atoms with van der Waals surface area (Å²) < 4.78 is 0. The van der Waals surface area contributed by atoms with Crippen LogP contribution in [0.3, 0.4) is 0 Å². The van der Waals surface area contributed by atoms with Gasteiger partial charge in [-0.05, 0) is 37.8 Å². The molecule has 1 rings (SSSR count). The highest BCUT2D eigenvalue weighted by molar-refractivity contribution is 7.10. The smallest absolute Gasteiger partial charge is 0.220 e. The van der Waals surface area contributed by atoms with Crippen molar-refractivity contribution < 1.29 is 4.79 Å². The number of thiophene rings is 1. The molecule has 0 aliphatic heterocycles. The van der Waals surface area contributed by atoms with Gasteiger partial charge in [-0.3, -0.25) is 4.79 Å². The van der Waals surface area contributed by atoms with Crippen LogP contribution in [0.25, 0.3) is 0 Å². The Balaban J connectivity index is 2.12. The van der Waals surface area contributed by atoms with Gasteiger partial charge in [-0.15, -0.1) is 11.3 Å². The summed E-state index contributed by atoms with van der Waals surface area (Å²) >= 11 is 1.68. The largest absolute Gasteiger partial charge is 0.349 e. The molecule has 0 fully saturated rings. The summed E-state index contributed by atoms with van der Waals surface area (Å²) in [5.74, 6) is 0.152. The number of amides is 1. The third-order valence-electron chi connectivity index (χ3n) is 2.71. The van der Waals surface area contributed by atoms with Crippen molar-refractivity contribution in [1.82, 2.24) is 5.32 Å².